The molecule has 1 aromatic carbocycles. The van der Waals surface area contributed by atoms with Crippen molar-refractivity contribution in [1.29, 1.82) is 0 Å². The van der Waals surface area contributed by atoms with Crippen LogP contribution < -0.4 is 10.1 Å². The second-order valence-corrected chi connectivity index (χ2v) is 5.55. The van der Waals surface area contributed by atoms with Gasteiger partial charge in [0.2, 0.25) is 0 Å². The van der Waals surface area contributed by atoms with E-state index in [9.17, 15) is 0 Å². The first-order chi connectivity index (χ1) is 8.15. The van der Waals surface area contributed by atoms with E-state index < -0.39 is 0 Å². The highest BCUT2D eigenvalue weighted by Crippen LogP contribution is 2.30. The molecule has 1 heterocycles. The minimum atomic E-state index is 0.268. The van der Waals surface area contributed by atoms with Gasteiger partial charge in [-0.3, -0.25) is 0 Å². The third kappa shape index (κ3) is 3.58. The van der Waals surface area contributed by atoms with Crippen molar-refractivity contribution < 1.29 is 4.74 Å². The summed E-state index contributed by atoms with van der Waals surface area (Å²) in [4.78, 5) is 0. The zero-order valence-corrected chi connectivity index (χ0v) is 11.9. The number of nitrogens with one attached hydrogen (secondary N) is 1. The summed E-state index contributed by atoms with van der Waals surface area (Å²) in [7, 11) is 0. The number of benzene rings is 1. The van der Waals surface area contributed by atoms with E-state index in [0.717, 1.165) is 29.7 Å². The Hall–Kier alpha value is -0.800. The van der Waals surface area contributed by atoms with Gasteiger partial charge in [-0.05, 0) is 37.6 Å². The molecule has 0 radical (unpaired) electrons. The van der Waals surface area contributed by atoms with E-state index >= 15 is 0 Å². The Balaban J connectivity index is 1.82. The fourth-order valence-corrected chi connectivity index (χ4v) is 2.33. The highest BCUT2D eigenvalue weighted by Gasteiger charge is 2.22. The van der Waals surface area contributed by atoms with Crippen LogP contribution in [0.2, 0.25) is 0 Å². The number of allylic oxidation sites excluding steroid dienone is 1. The lowest BCUT2D eigenvalue weighted by Crippen LogP contribution is -2.30. The van der Waals surface area contributed by atoms with Crippen LogP contribution in [0.25, 0.3) is 0 Å². The number of rotatable bonds is 4. The quantitative estimate of drug-likeness (QED) is 0.680. The molecule has 1 unspecified atom stereocenters. The van der Waals surface area contributed by atoms with Gasteiger partial charge in [0.1, 0.15) is 11.9 Å². The van der Waals surface area contributed by atoms with Crippen LogP contribution in [0.1, 0.15) is 19.4 Å². The second-order valence-electron chi connectivity index (χ2n) is 4.64. The Morgan fingerprint density at radius 2 is 2.35 bits per heavy atom. The average Bonchev–Trinajstić information content (AvgIpc) is 2.66. The Morgan fingerprint density at radius 1 is 1.53 bits per heavy atom. The third-order valence-electron chi connectivity index (χ3n) is 2.79. The van der Waals surface area contributed by atoms with Crippen LogP contribution in [0, 0.1) is 0 Å². The molecule has 1 atom stereocenters. The first-order valence-corrected chi connectivity index (χ1v) is 6.73. The van der Waals surface area contributed by atoms with Gasteiger partial charge >= 0.3 is 0 Å². The predicted molar refractivity (Wildman–Crippen MR) is 74.6 cm³/mol. The highest BCUT2D eigenvalue weighted by molar-refractivity contribution is 9.10. The van der Waals surface area contributed by atoms with Crippen LogP contribution in [0.5, 0.6) is 5.75 Å². The van der Waals surface area contributed by atoms with Gasteiger partial charge in [-0.1, -0.05) is 27.6 Å². The molecule has 2 nitrogen and oxygen atoms in total. The Bertz CT molecular complexity index is 424. The fourth-order valence-electron chi connectivity index (χ4n) is 1.92. The van der Waals surface area contributed by atoms with Crippen molar-refractivity contribution >= 4 is 15.9 Å². The van der Waals surface area contributed by atoms with E-state index in [1.54, 1.807) is 0 Å². The van der Waals surface area contributed by atoms with Gasteiger partial charge in [0.05, 0.1) is 0 Å². The topological polar surface area (TPSA) is 21.3 Å². The molecule has 2 rings (SSSR count). The SMILES string of the molecule is CC(C)=CCNCC1Cc2cc(Br)ccc2O1. The lowest BCUT2D eigenvalue weighted by molar-refractivity contribution is 0.229. The number of halogens is 1. The lowest BCUT2D eigenvalue weighted by atomic mass is 10.1. The van der Waals surface area contributed by atoms with Gasteiger partial charge in [-0.15, -0.1) is 0 Å². The maximum absolute atomic E-state index is 5.86. The first kappa shape index (κ1) is 12.7. The van der Waals surface area contributed by atoms with Crippen molar-refractivity contribution in [1.82, 2.24) is 5.32 Å². The molecule has 0 saturated heterocycles. The minimum absolute atomic E-state index is 0.268. The molecule has 1 N–H and O–H groups in total. The van der Waals surface area contributed by atoms with Gasteiger partial charge in [-0.2, -0.15) is 0 Å². The molecule has 1 aliphatic rings. The second kappa shape index (κ2) is 5.69. The molecule has 0 spiro atoms. The summed E-state index contributed by atoms with van der Waals surface area (Å²) >= 11 is 3.49. The Morgan fingerprint density at radius 3 is 3.12 bits per heavy atom. The number of hydrogen-bond donors (Lipinski definition) is 1. The molecule has 1 aromatic rings. The molecule has 92 valence electrons. The van der Waals surface area contributed by atoms with Gasteiger partial charge < -0.3 is 10.1 Å². The minimum Gasteiger partial charge on any atom is -0.488 e. The van der Waals surface area contributed by atoms with Crippen LogP contribution in [0.4, 0.5) is 0 Å². The summed E-state index contributed by atoms with van der Waals surface area (Å²) in [5.41, 5.74) is 2.64. The largest absolute Gasteiger partial charge is 0.488 e. The summed E-state index contributed by atoms with van der Waals surface area (Å²) in [6, 6.07) is 6.21. The van der Waals surface area contributed by atoms with Crippen molar-refractivity contribution in [3.8, 4) is 5.75 Å². The van der Waals surface area contributed by atoms with Gasteiger partial charge in [0, 0.05) is 24.0 Å². The normalized spacial score (nSPS) is 17.5. The number of hydrogen-bond acceptors (Lipinski definition) is 2. The molecule has 0 bridgehead atoms. The molecule has 0 aliphatic carbocycles. The maximum Gasteiger partial charge on any atom is 0.123 e. The van der Waals surface area contributed by atoms with E-state index in [-0.39, 0.29) is 6.10 Å². The van der Waals surface area contributed by atoms with E-state index in [1.165, 1.54) is 11.1 Å². The lowest BCUT2D eigenvalue weighted by Gasteiger charge is -2.10. The molecule has 0 fully saturated rings. The average molecular weight is 296 g/mol. The maximum atomic E-state index is 5.86. The van der Waals surface area contributed by atoms with Gasteiger partial charge in [-0.25, -0.2) is 0 Å². The molecule has 0 saturated carbocycles. The zero-order chi connectivity index (χ0) is 12.3. The van der Waals surface area contributed by atoms with Crippen LogP contribution in [0.15, 0.2) is 34.3 Å². The summed E-state index contributed by atoms with van der Waals surface area (Å²) in [6.07, 6.45) is 3.46. The highest BCUT2D eigenvalue weighted by atomic mass is 79.9. The first-order valence-electron chi connectivity index (χ1n) is 5.94. The molecular formula is C14H18BrNO. The summed E-state index contributed by atoms with van der Waals surface area (Å²) in [5.74, 6) is 1.03. The van der Waals surface area contributed by atoms with Crippen LogP contribution in [-0.2, 0) is 6.42 Å². The predicted octanol–water partition coefficient (Wildman–Crippen LogP) is 3.31. The monoisotopic (exact) mass is 295 g/mol. The van der Waals surface area contributed by atoms with Crippen LogP contribution in [0.3, 0.4) is 0 Å². The summed E-state index contributed by atoms with van der Waals surface area (Å²) in [5, 5.41) is 3.40. The summed E-state index contributed by atoms with van der Waals surface area (Å²) < 4.78 is 6.99. The van der Waals surface area contributed by atoms with Crippen LogP contribution >= 0.6 is 15.9 Å². The number of fused-ring (bicyclic) bond motifs is 1. The summed E-state index contributed by atoms with van der Waals surface area (Å²) in [6.45, 7) is 6.04. The van der Waals surface area contributed by atoms with Gasteiger partial charge in [0.15, 0.2) is 0 Å². The molecule has 0 amide bonds. The fraction of sp³-hybridized carbons (Fsp3) is 0.429. The van der Waals surface area contributed by atoms with Gasteiger partial charge in [0.25, 0.3) is 0 Å². The van der Waals surface area contributed by atoms with E-state index in [1.807, 2.05) is 12.1 Å². The van der Waals surface area contributed by atoms with Crippen molar-refractivity contribution in [2.45, 2.75) is 26.4 Å². The Labute approximate surface area is 111 Å². The standard InChI is InChI=1S/C14H18BrNO/c1-10(2)5-6-16-9-13-8-11-7-12(15)3-4-14(11)17-13/h3-5,7,13,16H,6,8-9H2,1-2H3. The van der Waals surface area contributed by atoms with E-state index in [0.29, 0.717) is 0 Å². The number of ether oxygens (including phenoxy) is 1. The van der Waals surface area contributed by atoms with Crippen molar-refractivity contribution in [2.24, 2.45) is 0 Å². The Kier molecular flexibility index (Phi) is 4.24. The zero-order valence-electron chi connectivity index (χ0n) is 10.3. The molecular weight excluding hydrogens is 278 g/mol. The molecule has 1 aliphatic heterocycles. The van der Waals surface area contributed by atoms with Crippen LogP contribution in [-0.4, -0.2) is 19.2 Å². The molecule has 3 heteroatoms. The third-order valence-corrected chi connectivity index (χ3v) is 3.28. The van der Waals surface area contributed by atoms with Crippen molar-refractivity contribution in [3.05, 3.63) is 39.9 Å². The molecule has 0 aromatic heterocycles. The van der Waals surface area contributed by atoms with Crippen molar-refractivity contribution in [3.63, 3.8) is 0 Å². The van der Waals surface area contributed by atoms with E-state index in [2.05, 4.69) is 47.2 Å². The molecule has 17 heavy (non-hydrogen) atoms. The smallest absolute Gasteiger partial charge is 0.123 e. The van der Waals surface area contributed by atoms with Crippen molar-refractivity contribution in [2.75, 3.05) is 13.1 Å². The van der Waals surface area contributed by atoms with E-state index in [4.69, 9.17) is 4.74 Å².